The number of carbonyl (C=O) groups excluding carboxylic acids is 2. The zero-order valence-electron chi connectivity index (χ0n) is 18.2. The van der Waals surface area contributed by atoms with Crippen molar-refractivity contribution in [2.45, 2.75) is 20.3 Å². The molecule has 166 valence electrons. The molecule has 0 fully saturated rings. The number of nitrogens with zero attached hydrogens (tertiary/aromatic N) is 2. The third kappa shape index (κ3) is 5.36. The smallest absolute Gasteiger partial charge is 0.330 e. The molecule has 3 aromatic rings. The minimum absolute atomic E-state index is 0.0540. The summed E-state index contributed by atoms with van der Waals surface area (Å²) in [7, 11) is 2.78. The Morgan fingerprint density at radius 2 is 1.78 bits per heavy atom. The molecule has 3 rings (SSSR count). The van der Waals surface area contributed by atoms with E-state index in [0.717, 1.165) is 22.6 Å². The molecule has 7 nitrogen and oxygen atoms in total. The van der Waals surface area contributed by atoms with Crippen molar-refractivity contribution in [2.24, 2.45) is 0 Å². The number of esters is 2. The van der Waals surface area contributed by atoms with E-state index in [1.165, 1.54) is 20.3 Å². The van der Waals surface area contributed by atoms with Gasteiger partial charge in [-0.25, -0.2) is 9.48 Å². The molecule has 0 aliphatic rings. The van der Waals surface area contributed by atoms with Crippen LogP contribution in [0.15, 0.2) is 48.5 Å². The first-order valence-electron chi connectivity index (χ1n) is 9.78. The molecule has 1 aromatic heterocycles. The quantitative estimate of drug-likeness (QED) is 0.297. The SMILES string of the molecule is COC(=O)C=Cc1ccc(OC(=O)Cc2c(C)nn(-c3ccc(Cl)cc3)c2C)c(OC)c1. The molecular weight excluding hydrogens is 432 g/mol. The van der Waals surface area contributed by atoms with Crippen LogP contribution in [0.4, 0.5) is 0 Å². The van der Waals surface area contributed by atoms with Crippen LogP contribution in [0.5, 0.6) is 11.5 Å². The molecule has 0 atom stereocenters. The molecule has 0 saturated heterocycles. The Bertz CT molecular complexity index is 1170. The molecule has 0 aliphatic heterocycles. The highest BCUT2D eigenvalue weighted by Crippen LogP contribution is 2.29. The number of hydrogen-bond acceptors (Lipinski definition) is 6. The maximum absolute atomic E-state index is 12.7. The summed E-state index contributed by atoms with van der Waals surface area (Å²) in [5.41, 5.74) is 3.93. The second-order valence-electron chi connectivity index (χ2n) is 6.96. The first kappa shape index (κ1) is 23.1. The molecule has 0 unspecified atom stereocenters. The van der Waals surface area contributed by atoms with Crippen molar-refractivity contribution in [3.05, 3.63) is 76.1 Å². The molecule has 0 saturated carbocycles. The standard InChI is InChI=1S/C24H23ClN2O5/c1-15-20(16(2)27(26-15)19-9-7-18(25)8-10-19)14-24(29)32-21-11-5-17(13-22(21)30-3)6-12-23(28)31-4/h5-13H,14H2,1-4H3. The van der Waals surface area contributed by atoms with Gasteiger partial charge in [0.05, 0.1) is 32.0 Å². The van der Waals surface area contributed by atoms with Crippen molar-refractivity contribution in [1.82, 2.24) is 9.78 Å². The monoisotopic (exact) mass is 454 g/mol. The number of hydrogen-bond donors (Lipinski definition) is 0. The van der Waals surface area contributed by atoms with Crippen LogP contribution in [-0.2, 0) is 20.7 Å². The van der Waals surface area contributed by atoms with E-state index >= 15 is 0 Å². The summed E-state index contributed by atoms with van der Waals surface area (Å²) in [5.74, 6) is -0.254. The van der Waals surface area contributed by atoms with Crippen LogP contribution in [-0.4, -0.2) is 35.9 Å². The Hall–Kier alpha value is -3.58. The van der Waals surface area contributed by atoms with Gasteiger partial charge in [0.15, 0.2) is 11.5 Å². The molecule has 0 radical (unpaired) electrons. The van der Waals surface area contributed by atoms with Crippen LogP contribution in [0.25, 0.3) is 11.8 Å². The maximum Gasteiger partial charge on any atom is 0.330 e. The highest BCUT2D eigenvalue weighted by Gasteiger charge is 2.18. The summed E-state index contributed by atoms with van der Waals surface area (Å²) in [6.07, 6.45) is 2.93. The van der Waals surface area contributed by atoms with Crippen molar-refractivity contribution in [3.63, 3.8) is 0 Å². The van der Waals surface area contributed by atoms with Crippen LogP contribution in [0.3, 0.4) is 0 Å². The third-order valence-electron chi connectivity index (χ3n) is 4.86. The predicted octanol–water partition coefficient (Wildman–Crippen LogP) is 4.49. The Balaban J connectivity index is 1.76. The summed E-state index contributed by atoms with van der Waals surface area (Å²) in [4.78, 5) is 23.9. The number of aromatic nitrogens is 2. The molecule has 2 aromatic carbocycles. The summed E-state index contributed by atoms with van der Waals surface area (Å²) >= 11 is 5.97. The second-order valence-corrected chi connectivity index (χ2v) is 7.39. The lowest BCUT2D eigenvalue weighted by Crippen LogP contribution is -2.13. The van der Waals surface area contributed by atoms with E-state index < -0.39 is 11.9 Å². The third-order valence-corrected chi connectivity index (χ3v) is 5.11. The fourth-order valence-corrected chi connectivity index (χ4v) is 3.30. The lowest BCUT2D eigenvalue weighted by Gasteiger charge is -2.10. The average molecular weight is 455 g/mol. The van der Waals surface area contributed by atoms with Crippen LogP contribution < -0.4 is 9.47 Å². The van der Waals surface area contributed by atoms with Crippen LogP contribution >= 0.6 is 11.6 Å². The summed E-state index contributed by atoms with van der Waals surface area (Å²) in [6, 6.07) is 12.3. The number of ether oxygens (including phenoxy) is 3. The van der Waals surface area contributed by atoms with Gasteiger partial charge in [0.2, 0.25) is 0 Å². The van der Waals surface area contributed by atoms with Gasteiger partial charge in [-0.05, 0) is 61.9 Å². The summed E-state index contributed by atoms with van der Waals surface area (Å²) < 4.78 is 17.2. The minimum atomic E-state index is -0.468. The predicted molar refractivity (Wildman–Crippen MR) is 121 cm³/mol. The first-order valence-corrected chi connectivity index (χ1v) is 10.2. The Kier molecular flexibility index (Phi) is 7.33. The van der Waals surface area contributed by atoms with Gasteiger partial charge < -0.3 is 14.2 Å². The minimum Gasteiger partial charge on any atom is -0.493 e. The highest BCUT2D eigenvalue weighted by atomic mass is 35.5. The van der Waals surface area contributed by atoms with Gasteiger partial charge in [-0.1, -0.05) is 17.7 Å². The zero-order chi connectivity index (χ0) is 23.3. The average Bonchev–Trinajstić information content (AvgIpc) is 3.06. The van der Waals surface area contributed by atoms with Gasteiger partial charge in [0.25, 0.3) is 0 Å². The van der Waals surface area contributed by atoms with Crippen LogP contribution in [0, 0.1) is 13.8 Å². The summed E-state index contributed by atoms with van der Waals surface area (Å²) in [6.45, 7) is 3.76. The van der Waals surface area contributed by atoms with Crippen molar-refractivity contribution in [1.29, 1.82) is 0 Å². The molecule has 0 bridgehead atoms. The highest BCUT2D eigenvalue weighted by molar-refractivity contribution is 6.30. The van der Waals surface area contributed by atoms with Crippen LogP contribution in [0.2, 0.25) is 5.02 Å². The van der Waals surface area contributed by atoms with Gasteiger partial charge in [0.1, 0.15) is 0 Å². The first-order chi connectivity index (χ1) is 15.3. The van der Waals surface area contributed by atoms with E-state index in [1.807, 2.05) is 26.0 Å². The molecular formula is C24H23ClN2O5. The van der Waals surface area contributed by atoms with E-state index in [9.17, 15) is 9.59 Å². The van der Waals surface area contributed by atoms with Gasteiger partial charge in [0, 0.05) is 22.4 Å². The van der Waals surface area contributed by atoms with Gasteiger partial charge in [-0.3, -0.25) is 4.79 Å². The number of rotatable bonds is 7. The number of halogens is 1. The van der Waals surface area contributed by atoms with Gasteiger partial charge in [-0.15, -0.1) is 0 Å². The number of benzene rings is 2. The van der Waals surface area contributed by atoms with E-state index in [2.05, 4.69) is 9.84 Å². The number of methoxy groups -OCH3 is 2. The number of carbonyl (C=O) groups is 2. The molecule has 1 heterocycles. The van der Waals surface area contributed by atoms with Crippen molar-refractivity contribution >= 4 is 29.6 Å². The normalized spacial score (nSPS) is 10.9. The molecule has 0 aliphatic carbocycles. The van der Waals surface area contributed by atoms with E-state index in [0.29, 0.717) is 16.3 Å². The van der Waals surface area contributed by atoms with E-state index in [-0.39, 0.29) is 12.2 Å². The van der Waals surface area contributed by atoms with Gasteiger partial charge in [-0.2, -0.15) is 5.10 Å². The topological polar surface area (TPSA) is 79.7 Å². The summed E-state index contributed by atoms with van der Waals surface area (Å²) in [5, 5.41) is 5.19. The van der Waals surface area contributed by atoms with E-state index in [1.54, 1.807) is 41.1 Å². The van der Waals surface area contributed by atoms with Gasteiger partial charge >= 0.3 is 11.9 Å². The number of aryl methyl sites for hydroxylation is 1. The largest absolute Gasteiger partial charge is 0.493 e. The molecule has 32 heavy (non-hydrogen) atoms. The van der Waals surface area contributed by atoms with E-state index in [4.69, 9.17) is 21.1 Å². The Morgan fingerprint density at radius 3 is 2.44 bits per heavy atom. The Labute approximate surface area is 191 Å². The Morgan fingerprint density at radius 1 is 1.06 bits per heavy atom. The zero-order valence-corrected chi connectivity index (χ0v) is 19.0. The molecule has 8 heteroatoms. The lowest BCUT2D eigenvalue weighted by molar-refractivity contribution is -0.135. The lowest BCUT2D eigenvalue weighted by atomic mass is 10.1. The van der Waals surface area contributed by atoms with Crippen molar-refractivity contribution in [3.8, 4) is 17.2 Å². The molecule has 0 N–H and O–H groups in total. The fourth-order valence-electron chi connectivity index (χ4n) is 3.17. The maximum atomic E-state index is 12.7. The fraction of sp³-hybridized carbons (Fsp3) is 0.208. The second kappa shape index (κ2) is 10.2. The van der Waals surface area contributed by atoms with Crippen molar-refractivity contribution in [2.75, 3.05) is 14.2 Å². The van der Waals surface area contributed by atoms with Crippen molar-refractivity contribution < 1.29 is 23.8 Å². The van der Waals surface area contributed by atoms with Crippen LogP contribution in [0.1, 0.15) is 22.5 Å². The molecule has 0 amide bonds. The molecule has 0 spiro atoms.